The van der Waals surface area contributed by atoms with Crippen LogP contribution < -0.4 is 0 Å². The minimum atomic E-state index is 0.246. The maximum Gasteiger partial charge on any atom is 0.124 e. The van der Waals surface area contributed by atoms with Crippen molar-refractivity contribution in [2.75, 3.05) is 0 Å². The molecule has 0 aliphatic carbocycles. The molecule has 0 aliphatic rings. The van der Waals surface area contributed by atoms with Crippen molar-refractivity contribution in [3.05, 3.63) is 18.0 Å². The summed E-state index contributed by atoms with van der Waals surface area (Å²) in [4.78, 5) is 0. The third-order valence-electron chi connectivity index (χ3n) is 1.88. The van der Waals surface area contributed by atoms with E-state index in [0.29, 0.717) is 0 Å². The zero-order valence-electron chi connectivity index (χ0n) is 7.36. The Morgan fingerprint density at radius 3 is 3.00 bits per heavy atom. The number of rotatable bonds is 5. The van der Waals surface area contributed by atoms with Crippen LogP contribution in [0.5, 0.6) is 0 Å². The predicted molar refractivity (Wildman–Crippen MR) is 52.4 cm³/mol. The molecule has 0 saturated carbocycles. The van der Waals surface area contributed by atoms with Gasteiger partial charge >= 0.3 is 0 Å². The lowest BCUT2D eigenvalue weighted by Gasteiger charge is -2.04. The molecule has 0 aromatic carbocycles. The maximum absolute atomic E-state index is 4.74. The van der Waals surface area contributed by atoms with E-state index < -0.39 is 0 Å². The third kappa shape index (κ3) is 2.89. The van der Waals surface area contributed by atoms with Gasteiger partial charge < -0.3 is 4.52 Å². The summed E-state index contributed by atoms with van der Waals surface area (Å²) in [5.74, 6) is 0. The third-order valence-corrected chi connectivity index (χ3v) is 2.40. The molecule has 1 aromatic rings. The van der Waals surface area contributed by atoms with Gasteiger partial charge in [0.1, 0.15) is 6.26 Å². The zero-order chi connectivity index (χ0) is 8.81. The van der Waals surface area contributed by atoms with Gasteiger partial charge in [0.15, 0.2) is 0 Å². The van der Waals surface area contributed by atoms with Gasteiger partial charge in [-0.3, -0.25) is 0 Å². The van der Waals surface area contributed by atoms with E-state index in [1.807, 2.05) is 6.07 Å². The molecule has 0 radical (unpaired) electrons. The van der Waals surface area contributed by atoms with Gasteiger partial charge in [-0.25, -0.2) is 0 Å². The van der Waals surface area contributed by atoms with E-state index in [4.69, 9.17) is 4.52 Å². The Kier molecular flexibility index (Phi) is 4.22. The first kappa shape index (κ1) is 9.65. The van der Waals surface area contributed by atoms with Crippen LogP contribution in [0.3, 0.4) is 0 Å². The summed E-state index contributed by atoms with van der Waals surface area (Å²) < 4.78 is 4.74. The fourth-order valence-corrected chi connectivity index (χ4v) is 1.45. The molecule has 0 spiro atoms. The normalized spacial score (nSPS) is 13.2. The van der Waals surface area contributed by atoms with Crippen molar-refractivity contribution in [3.8, 4) is 0 Å². The number of hydrogen-bond donors (Lipinski definition) is 1. The summed E-state index contributed by atoms with van der Waals surface area (Å²) in [6, 6.07) is 1.88. The highest BCUT2D eigenvalue weighted by atomic mass is 32.1. The molecule has 0 amide bonds. The lowest BCUT2D eigenvalue weighted by Crippen LogP contribution is -1.90. The molecule has 68 valence electrons. The van der Waals surface area contributed by atoms with Gasteiger partial charge in [0.25, 0.3) is 0 Å². The average molecular weight is 185 g/mol. The molecule has 0 saturated heterocycles. The van der Waals surface area contributed by atoms with Gasteiger partial charge in [-0.1, -0.05) is 31.3 Å². The van der Waals surface area contributed by atoms with Gasteiger partial charge in [0.2, 0.25) is 0 Å². The molecule has 2 nitrogen and oxygen atoms in total. The van der Waals surface area contributed by atoms with Crippen LogP contribution in [-0.4, -0.2) is 5.16 Å². The molecule has 3 heteroatoms. The van der Waals surface area contributed by atoms with Crippen molar-refractivity contribution < 1.29 is 4.52 Å². The Labute approximate surface area is 78.7 Å². The summed E-state index contributed by atoms with van der Waals surface area (Å²) in [7, 11) is 0. The fraction of sp³-hybridized carbons (Fsp3) is 0.667. The molecular formula is C9H15NOS. The van der Waals surface area contributed by atoms with Gasteiger partial charge in [-0.05, 0) is 6.42 Å². The lowest BCUT2D eigenvalue weighted by atomic mass is 10.1. The summed E-state index contributed by atoms with van der Waals surface area (Å²) >= 11 is 4.44. The van der Waals surface area contributed by atoms with Gasteiger partial charge in [0, 0.05) is 11.3 Å². The van der Waals surface area contributed by atoms with Crippen LogP contribution in [0.1, 0.15) is 43.6 Å². The summed E-state index contributed by atoms with van der Waals surface area (Å²) in [6.07, 6.45) is 6.42. The van der Waals surface area contributed by atoms with E-state index in [9.17, 15) is 0 Å². The van der Waals surface area contributed by atoms with Crippen molar-refractivity contribution in [3.63, 3.8) is 0 Å². The van der Waals surface area contributed by atoms with Crippen LogP contribution in [-0.2, 0) is 0 Å². The molecule has 0 N–H and O–H groups in total. The Morgan fingerprint density at radius 1 is 1.58 bits per heavy atom. The summed E-state index contributed by atoms with van der Waals surface area (Å²) in [6.45, 7) is 2.20. The number of aromatic nitrogens is 1. The van der Waals surface area contributed by atoms with Crippen molar-refractivity contribution in [2.24, 2.45) is 0 Å². The molecule has 12 heavy (non-hydrogen) atoms. The quantitative estimate of drug-likeness (QED) is 0.563. The average Bonchev–Trinajstić information content (AvgIpc) is 2.56. The van der Waals surface area contributed by atoms with Crippen LogP contribution in [0.25, 0.3) is 0 Å². The number of nitrogens with zero attached hydrogens (tertiary/aromatic N) is 1. The number of hydrogen-bond acceptors (Lipinski definition) is 3. The largest absolute Gasteiger partial charge is 0.364 e. The maximum atomic E-state index is 4.74. The highest BCUT2D eigenvalue weighted by Crippen LogP contribution is 2.24. The fourth-order valence-electron chi connectivity index (χ4n) is 1.13. The molecular weight excluding hydrogens is 170 g/mol. The van der Waals surface area contributed by atoms with Gasteiger partial charge in [0.05, 0.1) is 5.69 Å². The highest BCUT2D eigenvalue weighted by molar-refractivity contribution is 7.80. The SMILES string of the molecule is CCCCCC(S)c1ccon1. The second-order valence-corrected chi connectivity index (χ2v) is 3.56. The Morgan fingerprint density at radius 2 is 2.42 bits per heavy atom. The first-order chi connectivity index (χ1) is 5.84. The first-order valence-corrected chi connectivity index (χ1v) is 4.94. The Balaban J connectivity index is 2.25. The van der Waals surface area contributed by atoms with Gasteiger partial charge in [-0.2, -0.15) is 12.6 Å². The summed E-state index contributed by atoms with van der Waals surface area (Å²) in [5, 5.41) is 4.09. The van der Waals surface area contributed by atoms with Crippen molar-refractivity contribution in [2.45, 2.75) is 37.9 Å². The van der Waals surface area contributed by atoms with Crippen LogP contribution >= 0.6 is 12.6 Å². The Bertz CT molecular complexity index is 198. The summed E-state index contributed by atoms with van der Waals surface area (Å²) in [5.41, 5.74) is 0.953. The van der Waals surface area contributed by atoms with E-state index in [0.717, 1.165) is 12.1 Å². The molecule has 0 bridgehead atoms. The van der Waals surface area contributed by atoms with Crippen molar-refractivity contribution >= 4 is 12.6 Å². The van der Waals surface area contributed by atoms with Crippen molar-refractivity contribution in [1.29, 1.82) is 0 Å². The Hall–Kier alpha value is -0.440. The molecule has 1 unspecified atom stereocenters. The highest BCUT2D eigenvalue weighted by Gasteiger charge is 2.08. The van der Waals surface area contributed by atoms with E-state index in [1.54, 1.807) is 6.26 Å². The van der Waals surface area contributed by atoms with E-state index >= 15 is 0 Å². The number of thiol groups is 1. The van der Waals surface area contributed by atoms with Crippen LogP contribution in [0.4, 0.5) is 0 Å². The molecule has 1 aromatic heterocycles. The van der Waals surface area contributed by atoms with E-state index in [1.165, 1.54) is 19.3 Å². The smallest absolute Gasteiger partial charge is 0.124 e. The van der Waals surface area contributed by atoms with Crippen LogP contribution in [0.15, 0.2) is 16.9 Å². The minimum absolute atomic E-state index is 0.246. The topological polar surface area (TPSA) is 26.0 Å². The standard InChI is InChI=1S/C9H15NOS/c1-2-3-4-5-9(12)8-6-7-11-10-8/h6-7,9,12H,2-5H2,1H3. The lowest BCUT2D eigenvalue weighted by molar-refractivity contribution is 0.409. The van der Waals surface area contributed by atoms with Crippen molar-refractivity contribution in [1.82, 2.24) is 5.16 Å². The number of unbranched alkanes of at least 4 members (excludes halogenated alkanes) is 2. The van der Waals surface area contributed by atoms with Crippen LogP contribution in [0, 0.1) is 0 Å². The van der Waals surface area contributed by atoms with E-state index in [2.05, 4.69) is 24.7 Å². The van der Waals surface area contributed by atoms with Crippen LogP contribution in [0.2, 0.25) is 0 Å². The molecule has 1 atom stereocenters. The molecule has 1 heterocycles. The first-order valence-electron chi connectivity index (χ1n) is 4.43. The second-order valence-electron chi connectivity index (χ2n) is 2.94. The van der Waals surface area contributed by atoms with E-state index in [-0.39, 0.29) is 5.25 Å². The molecule has 0 aliphatic heterocycles. The molecule has 1 rings (SSSR count). The van der Waals surface area contributed by atoms with Gasteiger partial charge in [-0.15, -0.1) is 0 Å². The zero-order valence-corrected chi connectivity index (χ0v) is 8.26. The predicted octanol–water partition coefficient (Wildman–Crippen LogP) is 3.23. The monoisotopic (exact) mass is 185 g/mol. The minimum Gasteiger partial charge on any atom is -0.364 e. The molecule has 0 fully saturated rings. The second kappa shape index (κ2) is 5.25.